The van der Waals surface area contributed by atoms with E-state index in [0.717, 1.165) is 18.1 Å². The molecule has 130 valence electrons. The fraction of sp³-hybridized carbons (Fsp3) is 0.529. The Kier molecular flexibility index (Phi) is 5.63. The summed E-state index contributed by atoms with van der Waals surface area (Å²) in [5.41, 5.74) is 0.484. The molecule has 0 aliphatic carbocycles. The number of piperazine rings is 1. The van der Waals surface area contributed by atoms with Crippen LogP contribution >= 0.6 is 11.8 Å². The molecule has 2 aliphatic rings. The van der Waals surface area contributed by atoms with Crippen molar-refractivity contribution in [1.29, 1.82) is 0 Å². The Morgan fingerprint density at radius 2 is 1.96 bits per heavy atom. The van der Waals surface area contributed by atoms with Crippen LogP contribution in [0.25, 0.3) is 0 Å². The van der Waals surface area contributed by atoms with Crippen LogP contribution in [0.4, 0.5) is 0 Å². The number of hydrogen-bond acceptors (Lipinski definition) is 5. The fourth-order valence-corrected chi connectivity index (χ4v) is 4.02. The highest BCUT2D eigenvalue weighted by Crippen LogP contribution is 2.16. The first-order chi connectivity index (χ1) is 11.6. The molecule has 0 saturated carbocycles. The summed E-state index contributed by atoms with van der Waals surface area (Å²) in [5.74, 6) is 2.26. The first-order valence-electron chi connectivity index (χ1n) is 8.30. The van der Waals surface area contributed by atoms with Gasteiger partial charge in [0, 0.05) is 62.3 Å². The van der Waals surface area contributed by atoms with Crippen LogP contribution in [0.2, 0.25) is 0 Å². The standard InChI is InChI=1S/C17H23N3O3S/c21-15-3-1-2-13(10-15)17(23)20-7-5-19(6-8-20)16(22)11-14-12-24-9-4-18-14/h1-3,10,14,18,21H,4-9,11-12H2. The second kappa shape index (κ2) is 7.90. The van der Waals surface area contributed by atoms with Crippen molar-refractivity contribution in [2.75, 3.05) is 44.2 Å². The molecule has 2 heterocycles. The maximum absolute atomic E-state index is 12.4. The minimum absolute atomic E-state index is 0.0903. The number of nitrogens with one attached hydrogen (secondary N) is 1. The number of phenolic OH excluding ortho intramolecular Hbond substituents is 1. The van der Waals surface area contributed by atoms with Gasteiger partial charge in [0.25, 0.3) is 5.91 Å². The van der Waals surface area contributed by atoms with Crippen molar-refractivity contribution in [1.82, 2.24) is 15.1 Å². The molecule has 2 amide bonds. The van der Waals surface area contributed by atoms with E-state index in [9.17, 15) is 14.7 Å². The molecule has 24 heavy (non-hydrogen) atoms. The summed E-state index contributed by atoms with van der Waals surface area (Å²) in [7, 11) is 0. The van der Waals surface area contributed by atoms with Crippen molar-refractivity contribution in [3.8, 4) is 5.75 Å². The number of amides is 2. The number of benzene rings is 1. The third kappa shape index (κ3) is 4.21. The van der Waals surface area contributed by atoms with Gasteiger partial charge in [0.2, 0.25) is 5.91 Å². The third-order valence-corrected chi connectivity index (χ3v) is 5.56. The number of carbonyl (C=O) groups is 2. The molecule has 1 aromatic rings. The van der Waals surface area contributed by atoms with E-state index in [1.807, 2.05) is 16.7 Å². The Morgan fingerprint density at radius 3 is 2.62 bits per heavy atom. The maximum Gasteiger partial charge on any atom is 0.254 e. The van der Waals surface area contributed by atoms with E-state index in [-0.39, 0.29) is 23.6 Å². The summed E-state index contributed by atoms with van der Waals surface area (Å²) in [6, 6.07) is 6.66. The lowest BCUT2D eigenvalue weighted by Crippen LogP contribution is -2.52. The number of aromatic hydroxyl groups is 1. The molecule has 0 radical (unpaired) electrons. The lowest BCUT2D eigenvalue weighted by molar-refractivity contribution is -0.133. The van der Waals surface area contributed by atoms with Crippen molar-refractivity contribution in [3.05, 3.63) is 29.8 Å². The molecular formula is C17H23N3O3S. The van der Waals surface area contributed by atoms with Gasteiger partial charge in [-0.2, -0.15) is 11.8 Å². The molecule has 0 aromatic heterocycles. The SMILES string of the molecule is O=C(CC1CSCCN1)N1CCN(C(=O)c2cccc(O)c2)CC1. The van der Waals surface area contributed by atoms with Crippen LogP contribution in [0.1, 0.15) is 16.8 Å². The molecule has 2 aliphatic heterocycles. The van der Waals surface area contributed by atoms with Gasteiger partial charge in [-0.15, -0.1) is 0 Å². The largest absolute Gasteiger partial charge is 0.508 e. The zero-order valence-electron chi connectivity index (χ0n) is 13.6. The van der Waals surface area contributed by atoms with Crippen LogP contribution in [0.5, 0.6) is 5.75 Å². The van der Waals surface area contributed by atoms with Crippen LogP contribution in [-0.2, 0) is 4.79 Å². The Labute approximate surface area is 146 Å². The zero-order valence-corrected chi connectivity index (χ0v) is 14.4. The molecule has 0 bridgehead atoms. The number of carbonyl (C=O) groups excluding carboxylic acids is 2. The van der Waals surface area contributed by atoms with Crippen molar-refractivity contribution < 1.29 is 14.7 Å². The van der Waals surface area contributed by atoms with E-state index in [0.29, 0.717) is 38.2 Å². The lowest BCUT2D eigenvalue weighted by atomic mass is 10.1. The molecule has 3 rings (SSSR count). The maximum atomic E-state index is 12.4. The van der Waals surface area contributed by atoms with E-state index < -0.39 is 0 Å². The summed E-state index contributed by atoms with van der Waals surface area (Å²) in [5, 5.41) is 12.9. The van der Waals surface area contributed by atoms with E-state index in [1.54, 1.807) is 23.1 Å². The van der Waals surface area contributed by atoms with Crippen LogP contribution in [0, 0.1) is 0 Å². The Morgan fingerprint density at radius 1 is 1.21 bits per heavy atom. The second-order valence-electron chi connectivity index (χ2n) is 6.15. The predicted molar refractivity (Wildman–Crippen MR) is 94.3 cm³/mol. The number of rotatable bonds is 3. The van der Waals surface area contributed by atoms with Gasteiger partial charge in [-0.1, -0.05) is 6.07 Å². The number of thioether (sulfide) groups is 1. The van der Waals surface area contributed by atoms with Crippen LogP contribution in [0.15, 0.2) is 24.3 Å². The Bertz CT molecular complexity index is 596. The Balaban J connectivity index is 1.50. The summed E-state index contributed by atoms with van der Waals surface area (Å²) in [4.78, 5) is 28.4. The summed E-state index contributed by atoms with van der Waals surface area (Å²) >= 11 is 1.89. The summed E-state index contributed by atoms with van der Waals surface area (Å²) in [6.07, 6.45) is 0.535. The second-order valence-corrected chi connectivity index (χ2v) is 7.30. The molecule has 7 heteroatoms. The van der Waals surface area contributed by atoms with Gasteiger partial charge < -0.3 is 20.2 Å². The number of phenols is 1. The molecule has 2 saturated heterocycles. The topological polar surface area (TPSA) is 72.9 Å². The van der Waals surface area contributed by atoms with Crippen molar-refractivity contribution >= 4 is 23.6 Å². The lowest BCUT2D eigenvalue weighted by Gasteiger charge is -2.36. The number of hydrogen-bond donors (Lipinski definition) is 2. The smallest absolute Gasteiger partial charge is 0.254 e. The molecule has 1 unspecified atom stereocenters. The van der Waals surface area contributed by atoms with E-state index in [2.05, 4.69) is 5.32 Å². The van der Waals surface area contributed by atoms with Gasteiger partial charge >= 0.3 is 0 Å². The van der Waals surface area contributed by atoms with Gasteiger partial charge in [0.1, 0.15) is 5.75 Å². The van der Waals surface area contributed by atoms with Gasteiger partial charge in [-0.3, -0.25) is 9.59 Å². The van der Waals surface area contributed by atoms with E-state index in [1.165, 1.54) is 6.07 Å². The third-order valence-electron chi connectivity index (χ3n) is 4.43. The van der Waals surface area contributed by atoms with E-state index >= 15 is 0 Å². The van der Waals surface area contributed by atoms with Crippen molar-refractivity contribution in [3.63, 3.8) is 0 Å². The van der Waals surface area contributed by atoms with Gasteiger partial charge in [0.15, 0.2) is 0 Å². The van der Waals surface area contributed by atoms with Gasteiger partial charge in [-0.25, -0.2) is 0 Å². The predicted octanol–water partition coefficient (Wildman–Crippen LogP) is 0.772. The summed E-state index contributed by atoms with van der Waals surface area (Å²) in [6.45, 7) is 3.18. The number of nitrogens with zero attached hydrogens (tertiary/aromatic N) is 2. The zero-order chi connectivity index (χ0) is 16.9. The summed E-state index contributed by atoms with van der Waals surface area (Å²) < 4.78 is 0. The first-order valence-corrected chi connectivity index (χ1v) is 9.46. The molecular weight excluding hydrogens is 326 g/mol. The average molecular weight is 349 g/mol. The van der Waals surface area contributed by atoms with Crippen molar-refractivity contribution in [2.45, 2.75) is 12.5 Å². The molecule has 0 spiro atoms. The van der Waals surface area contributed by atoms with Crippen LogP contribution in [0.3, 0.4) is 0 Å². The molecule has 1 atom stereocenters. The highest BCUT2D eigenvalue weighted by molar-refractivity contribution is 7.99. The fourth-order valence-electron chi connectivity index (χ4n) is 3.07. The minimum atomic E-state index is -0.0941. The Hall–Kier alpha value is -1.73. The normalized spacial score (nSPS) is 21.6. The van der Waals surface area contributed by atoms with Crippen LogP contribution in [-0.4, -0.2) is 77.0 Å². The first kappa shape index (κ1) is 17.1. The molecule has 6 nitrogen and oxygen atoms in total. The monoisotopic (exact) mass is 349 g/mol. The van der Waals surface area contributed by atoms with E-state index in [4.69, 9.17) is 0 Å². The molecule has 1 aromatic carbocycles. The quantitative estimate of drug-likeness (QED) is 0.843. The van der Waals surface area contributed by atoms with Crippen molar-refractivity contribution in [2.24, 2.45) is 0 Å². The highest BCUT2D eigenvalue weighted by Gasteiger charge is 2.26. The van der Waals surface area contributed by atoms with Crippen LogP contribution < -0.4 is 5.32 Å². The molecule has 2 N–H and O–H groups in total. The van der Waals surface area contributed by atoms with Gasteiger partial charge in [0.05, 0.1) is 0 Å². The van der Waals surface area contributed by atoms with Gasteiger partial charge in [-0.05, 0) is 18.2 Å². The minimum Gasteiger partial charge on any atom is -0.508 e. The highest BCUT2D eigenvalue weighted by atomic mass is 32.2. The molecule has 2 fully saturated rings. The average Bonchev–Trinajstić information content (AvgIpc) is 2.62.